The summed E-state index contributed by atoms with van der Waals surface area (Å²) >= 11 is 2.18. The number of aryl methyl sites for hydroxylation is 1. The fourth-order valence-electron chi connectivity index (χ4n) is 4.10. The number of benzene rings is 1. The van der Waals surface area contributed by atoms with E-state index in [0.29, 0.717) is 12.4 Å². The number of likely N-dealkylation sites (N-methyl/N-ethyl adjacent to an activating group) is 1. The molecule has 3 aromatic heterocycles. The van der Waals surface area contributed by atoms with Crippen molar-refractivity contribution in [2.45, 2.75) is 13.5 Å². The first-order valence-electron chi connectivity index (χ1n) is 9.96. The second-order valence-corrected chi connectivity index (χ2v) is 8.83. The lowest BCUT2D eigenvalue weighted by Gasteiger charge is -2.34. The van der Waals surface area contributed by atoms with Crippen molar-refractivity contribution in [2.24, 2.45) is 0 Å². The number of nitrogens with two attached hydrogens (primary N) is 1. The number of aromatic nitrogens is 5. The average molecular weight is 514 g/mol. The van der Waals surface area contributed by atoms with Crippen LogP contribution in [0.25, 0.3) is 21.8 Å². The van der Waals surface area contributed by atoms with Crippen LogP contribution in [0.3, 0.4) is 0 Å². The molecule has 1 aliphatic rings. The van der Waals surface area contributed by atoms with Crippen LogP contribution in [-0.4, -0.2) is 62.9 Å². The molecule has 8 nitrogen and oxygen atoms in total. The topological polar surface area (TPSA) is 89.0 Å². The van der Waals surface area contributed by atoms with Crippen LogP contribution in [0.1, 0.15) is 11.3 Å². The quantitative estimate of drug-likeness (QED) is 0.421. The molecule has 2 N–H and O–H groups in total. The van der Waals surface area contributed by atoms with Crippen LogP contribution in [0.4, 0.5) is 11.6 Å². The Morgan fingerprint density at radius 3 is 2.70 bits per heavy atom. The molecule has 0 bridgehead atoms. The minimum absolute atomic E-state index is 0.455. The first-order chi connectivity index (χ1) is 14.5. The van der Waals surface area contributed by atoms with Gasteiger partial charge in [-0.3, -0.25) is 0 Å². The number of hydrogen-bond acceptors (Lipinski definition) is 7. The van der Waals surface area contributed by atoms with Crippen LogP contribution < -0.4 is 10.6 Å². The summed E-state index contributed by atoms with van der Waals surface area (Å²) in [4.78, 5) is 18.4. The van der Waals surface area contributed by atoms with Gasteiger partial charge in [-0.25, -0.2) is 19.6 Å². The van der Waals surface area contributed by atoms with E-state index >= 15 is 0 Å². The standard InChI is InChI=1S/C21H23IN8/c1-13-4-3-5-14-10-15(26-21(16(13)14)29-8-6-28(2)7-9-29)11-30-20-17(18(22)27-30)19(23)24-12-25-20/h3-5,10,12H,6-9,11H2,1-2H3,(H2,23,24,25). The molecule has 5 rings (SSSR count). The molecule has 0 saturated carbocycles. The lowest BCUT2D eigenvalue weighted by Crippen LogP contribution is -2.45. The molecule has 1 fully saturated rings. The van der Waals surface area contributed by atoms with E-state index in [4.69, 9.17) is 10.7 Å². The highest BCUT2D eigenvalue weighted by Gasteiger charge is 2.20. The largest absolute Gasteiger partial charge is 0.383 e. The number of rotatable bonds is 3. The molecule has 30 heavy (non-hydrogen) atoms. The predicted octanol–water partition coefficient (Wildman–Crippen LogP) is 2.67. The second-order valence-electron chi connectivity index (χ2n) is 7.81. The van der Waals surface area contributed by atoms with Crippen LogP contribution >= 0.6 is 22.6 Å². The van der Waals surface area contributed by atoms with Crippen molar-refractivity contribution < 1.29 is 0 Å². The second kappa shape index (κ2) is 7.62. The van der Waals surface area contributed by atoms with E-state index in [1.807, 2.05) is 4.68 Å². The van der Waals surface area contributed by atoms with Crippen molar-refractivity contribution in [1.82, 2.24) is 29.6 Å². The molecule has 0 unspecified atom stereocenters. The predicted molar refractivity (Wildman–Crippen MR) is 128 cm³/mol. The molecular formula is C21H23IN8. The van der Waals surface area contributed by atoms with E-state index in [0.717, 1.165) is 52.4 Å². The van der Waals surface area contributed by atoms with E-state index < -0.39 is 0 Å². The van der Waals surface area contributed by atoms with Gasteiger partial charge < -0.3 is 15.5 Å². The molecule has 0 spiro atoms. The lowest BCUT2D eigenvalue weighted by atomic mass is 10.0. The summed E-state index contributed by atoms with van der Waals surface area (Å²) in [6.45, 7) is 6.72. The fraction of sp³-hybridized carbons (Fsp3) is 0.333. The summed E-state index contributed by atoms with van der Waals surface area (Å²) in [5, 5.41) is 7.89. The Bertz CT molecular complexity index is 1240. The minimum atomic E-state index is 0.455. The van der Waals surface area contributed by atoms with Crippen LogP contribution in [-0.2, 0) is 6.54 Å². The third kappa shape index (κ3) is 3.35. The Morgan fingerprint density at radius 1 is 1.10 bits per heavy atom. The number of fused-ring (bicyclic) bond motifs is 2. The monoisotopic (exact) mass is 514 g/mol. The molecule has 1 saturated heterocycles. The van der Waals surface area contributed by atoms with Gasteiger partial charge in [-0.05, 0) is 53.6 Å². The fourth-order valence-corrected chi connectivity index (χ4v) is 4.88. The summed E-state index contributed by atoms with van der Waals surface area (Å²) < 4.78 is 2.67. The van der Waals surface area contributed by atoms with E-state index in [1.165, 1.54) is 22.7 Å². The molecule has 1 aliphatic heterocycles. The van der Waals surface area contributed by atoms with Gasteiger partial charge in [0, 0.05) is 31.6 Å². The van der Waals surface area contributed by atoms with E-state index in [9.17, 15) is 0 Å². The maximum Gasteiger partial charge on any atom is 0.164 e. The number of nitrogen functional groups attached to an aromatic ring is 1. The van der Waals surface area contributed by atoms with Crippen LogP contribution in [0.2, 0.25) is 0 Å². The van der Waals surface area contributed by atoms with Gasteiger partial charge in [0.2, 0.25) is 0 Å². The van der Waals surface area contributed by atoms with Gasteiger partial charge in [-0.1, -0.05) is 18.2 Å². The zero-order valence-corrected chi connectivity index (χ0v) is 19.2. The number of halogens is 1. The Balaban J connectivity index is 1.61. The zero-order chi connectivity index (χ0) is 20.8. The number of anilines is 2. The minimum Gasteiger partial charge on any atom is -0.383 e. The third-order valence-corrected chi connectivity index (χ3v) is 6.49. The molecule has 0 atom stereocenters. The molecule has 154 valence electrons. The zero-order valence-electron chi connectivity index (χ0n) is 17.0. The van der Waals surface area contributed by atoms with Gasteiger partial charge in [0.1, 0.15) is 21.7 Å². The van der Waals surface area contributed by atoms with E-state index in [1.54, 1.807) is 0 Å². The Hall–Kier alpha value is -2.53. The number of pyridine rings is 1. The van der Waals surface area contributed by atoms with E-state index in [2.05, 4.69) is 85.7 Å². The molecular weight excluding hydrogens is 491 g/mol. The summed E-state index contributed by atoms with van der Waals surface area (Å²) in [5.41, 5.74) is 9.00. The van der Waals surface area contributed by atoms with Crippen LogP contribution in [0, 0.1) is 10.6 Å². The van der Waals surface area contributed by atoms with Crippen LogP contribution in [0.5, 0.6) is 0 Å². The maximum atomic E-state index is 6.05. The first kappa shape index (κ1) is 19.4. The van der Waals surface area contributed by atoms with Crippen molar-refractivity contribution in [3.63, 3.8) is 0 Å². The third-order valence-electron chi connectivity index (χ3n) is 5.73. The molecule has 4 heterocycles. The molecule has 1 aromatic carbocycles. The Kier molecular flexibility index (Phi) is 4.94. The first-order valence-corrected chi connectivity index (χ1v) is 11.0. The van der Waals surface area contributed by atoms with Crippen molar-refractivity contribution in [2.75, 3.05) is 43.9 Å². The van der Waals surface area contributed by atoms with Crippen LogP contribution in [0.15, 0.2) is 30.6 Å². The van der Waals surface area contributed by atoms with Gasteiger partial charge >= 0.3 is 0 Å². The van der Waals surface area contributed by atoms with Gasteiger partial charge in [-0.15, -0.1) is 0 Å². The van der Waals surface area contributed by atoms with Crippen molar-refractivity contribution >= 4 is 56.0 Å². The molecule has 9 heteroatoms. The summed E-state index contributed by atoms with van der Waals surface area (Å²) in [7, 11) is 2.17. The highest BCUT2D eigenvalue weighted by atomic mass is 127. The van der Waals surface area contributed by atoms with Gasteiger partial charge in [0.05, 0.1) is 17.6 Å². The Labute approximate surface area is 188 Å². The summed E-state index contributed by atoms with van der Waals surface area (Å²) in [6.07, 6.45) is 1.48. The normalized spacial score (nSPS) is 15.4. The van der Waals surface area contributed by atoms with E-state index in [-0.39, 0.29) is 0 Å². The smallest absolute Gasteiger partial charge is 0.164 e. The maximum absolute atomic E-state index is 6.05. The number of nitrogens with zero attached hydrogens (tertiary/aromatic N) is 7. The summed E-state index contributed by atoms with van der Waals surface area (Å²) in [6, 6.07) is 8.59. The van der Waals surface area contributed by atoms with Crippen molar-refractivity contribution in [3.8, 4) is 0 Å². The highest BCUT2D eigenvalue weighted by molar-refractivity contribution is 14.1. The molecule has 4 aromatic rings. The lowest BCUT2D eigenvalue weighted by molar-refractivity contribution is 0.312. The number of hydrogen-bond donors (Lipinski definition) is 1. The van der Waals surface area contributed by atoms with Crippen molar-refractivity contribution in [3.05, 3.63) is 45.6 Å². The van der Waals surface area contributed by atoms with Crippen molar-refractivity contribution in [1.29, 1.82) is 0 Å². The van der Waals surface area contributed by atoms with Gasteiger partial charge in [-0.2, -0.15) is 5.10 Å². The molecule has 0 radical (unpaired) electrons. The SMILES string of the molecule is Cc1cccc2cc(Cn3nc(I)c4c(N)ncnc43)nc(N3CCN(C)CC3)c12. The number of piperazine rings is 1. The molecule has 0 amide bonds. The van der Waals surface area contributed by atoms with Gasteiger partial charge in [0.25, 0.3) is 0 Å². The highest BCUT2D eigenvalue weighted by Crippen LogP contribution is 2.30. The Morgan fingerprint density at radius 2 is 1.90 bits per heavy atom. The summed E-state index contributed by atoms with van der Waals surface area (Å²) in [5.74, 6) is 1.52. The average Bonchev–Trinajstić information content (AvgIpc) is 3.04. The van der Waals surface area contributed by atoms with Gasteiger partial charge in [0.15, 0.2) is 5.65 Å². The molecule has 0 aliphatic carbocycles.